The second-order valence-electron chi connectivity index (χ2n) is 4.44. The monoisotopic (exact) mass is 333 g/mol. The second-order valence-corrected chi connectivity index (χ2v) is 7.71. The molecule has 1 rings (SSSR count). The highest BCUT2D eigenvalue weighted by atomic mass is 79.9. The van der Waals surface area contributed by atoms with Crippen LogP contribution in [0.1, 0.15) is 24.5 Å². The maximum absolute atomic E-state index is 11.3. The fraction of sp³-hybridized carbons (Fsp3) is 0.538. The molecule has 3 nitrogen and oxygen atoms in total. The molecule has 0 aromatic heterocycles. The SMILES string of the molecule is CCS(=O)(=O)CCCNc1cc(C)c(Br)c(C)c1. The van der Waals surface area contributed by atoms with Crippen LogP contribution in [0.2, 0.25) is 0 Å². The lowest BCUT2D eigenvalue weighted by atomic mass is 10.1. The van der Waals surface area contributed by atoms with Crippen LogP contribution in [0.5, 0.6) is 0 Å². The zero-order chi connectivity index (χ0) is 13.8. The van der Waals surface area contributed by atoms with Crippen molar-refractivity contribution in [2.45, 2.75) is 27.2 Å². The van der Waals surface area contributed by atoms with Crippen molar-refractivity contribution in [1.82, 2.24) is 0 Å². The van der Waals surface area contributed by atoms with Gasteiger partial charge in [0, 0.05) is 22.5 Å². The highest BCUT2D eigenvalue weighted by Gasteiger charge is 2.06. The molecule has 0 aliphatic rings. The maximum Gasteiger partial charge on any atom is 0.150 e. The van der Waals surface area contributed by atoms with Crippen molar-refractivity contribution in [3.8, 4) is 0 Å². The van der Waals surface area contributed by atoms with Crippen molar-refractivity contribution in [3.63, 3.8) is 0 Å². The van der Waals surface area contributed by atoms with Gasteiger partial charge in [-0.05, 0) is 43.5 Å². The highest BCUT2D eigenvalue weighted by Crippen LogP contribution is 2.24. The Labute approximate surface area is 118 Å². The summed E-state index contributed by atoms with van der Waals surface area (Å²) in [6.07, 6.45) is 0.643. The lowest BCUT2D eigenvalue weighted by Gasteiger charge is -2.10. The first-order chi connectivity index (χ1) is 8.35. The van der Waals surface area contributed by atoms with Gasteiger partial charge >= 0.3 is 0 Å². The van der Waals surface area contributed by atoms with E-state index < -0.39 is 9.84 Å². The van der Waals surface area contributed by atoms with Crippen LogP contribution in [0.15, 0.2) is 16.6 Å². The Bertz CT molecular complexity index is 489. The molecule has 0 aliphatic heterocycles. The molecular weight excluding hydrogens is 314 g/mol. The molecule has 0 atom stereocenters. The molecule has 18 heavy (non-hydrogen) atoms. The van der Waals surface area contributed by atoms with E-state index in [1.54, 1.807) is 6.92 Å². The molecule has 102 valence electrons. The summed E-state index contributed by atoms with van der Waals surface area (Å²) in [5, 5.41) is 3.26. The van der Waals surface area contributed by atoms with Gasteiger partial charge in [0.25, 0.3) is 0 Å². The zero-order valence-corrected chi connectivity index (χ0v) is 13.5. The number of nitrogens with one attached hydrogen (secondary N) is 1. The zero-order valence-electron chi connectivity index (χ0n) is 11.1. The minimum atomic E-state index is -2.84. The number of anilines is 1. The number of halogens is 1. The van der Waals surface area contributed by atoms with Gasteiger partial charge in [0.15, 0.2) is 0 Å². The van der Waals surface area contributed by atoms with Gasteiger partial charge in [-0.3, -0.25) is 0 Å². The Hall–Kier alpha value is -0.550. The lowest BCUT2D eigenvalue weighted by molar-refractivity contribution is 0.595. The molecule has 0 spiro atoms. The maximum atomic E-state index is 11.3. The Morgan fingerprint density at radius 2 is 1.78 bits per heavy atom. The van der Waals surface area contributed by atoms with Crippen LogP contribution in [0, 0.1) is 13.8 Å². The van der Waals surface area contributed by atoms with Crippen LogP contribution in [0.25, 0.3) is 0 Å². The summed E-state index contributed by atoms with van der Waals surface area (Å²) in [7, 11) is -2.84. The molecule has 0 heterocycles. The van der Waals surface area contributed by atoms with Gasteiger partial charge in [0.05, 0.1) is 5.75 Å². The molecule has 0 amide bonds. The topological polar surface area (TPSA) is 46.2 Å². The minimum absolute atomic E-state index is 0.226. The largest absolute Gasteiger partial charge is 0.385 e. The van der Waals surface area contributed by atoms with Gasteiger partial charge in [-0.25, -0.2) is 8.42 Å². The predicted molar refractivity (Wildman–Crippen MR) is 81.1 cm³/mol. The summed E-state index contributed by atoms with van der Waals surface area (Å²) in [6, 6.07) is 4.12. The molecule has 1 N–H and O–H groups in total. The fourth-order valence-electron chi connectivity index (χ4n) is 1.72. The van der Waals surface area contributed by atoms with Gasteiger partial charge in [-0.2, -0.15) is 0 Å². The quantitative estimate of drug-likeness (QED) is 0.812. The van der Waals surface area contributed by atoms with E-state index in [1.165, 1.54) is 11.1 Å². The molecule has 0 saturated heterocycles. The molecule has 0 aliphatic carbocycles. The summed E-state index contributed by atoms with van der Waals surface area (Å²) in [6.45, 7) is 6.46. The van der Waals surface area contributed by atoms with Crippen LogP contribution < -0.4 is 5.32 Å². The first-order valence-corrected chi connectivity index (χ1v) is 8.68. The Morgan fingerprint density at radius 3 is 2.28 bits per heavy atom. The van der Waals surface area contributed by atoms with Crippen LogP contribution in [0.4, 0.5) is 5.69 Å². The lowest BCUT2D eigenvalue weighted by Crippen LogP contribution is -2.13. The molecule has 0 bridgehead atoms. The van der Waals surface area contributed by atoms with E-state index in [2.05, 4.69) is 33.4 Å². The molecule has 5 heteroatoms. The van der Waals surface area contributed by atoms with E-state index in [0.29, 0.717) is 13.0 Å². The Morgan fingerprint density at radius 1 is 1.22 bits per heavy atom. The van der Waals surface area contributed by atoms with E-state index in [0.717, 1.165) is 10.2 Å². The first kappa shape index (κ1) is 15.5. The van der Waals surface area contributed by atoms with E-state index in [1.807, 2.05) is 13.8 Å². The molecule has 1 aromatic rings. The number of hydrogen-bond donors (Lipinski definition) is 1. The van der Waals surface area contributed by atoms with E-state index in [-0.39, 0.29) is 11.5 Å². The van der Waals surface area contributed by atoms with Crippen LogP contribution in [-0.2, 0) is 9.84 Å². The average molecular weight is 334 g/mol. The third-order valence-electron chi connectivity index (χ3n) is 2.84. The van der Waals surface area contributed by atoms with Gasteiger partial charge in [0.2, 0.25) is 0 Å². The van der Waals surface area contributed by atoms with Gasteiger partial charge in [0.1, 0.15) is 9.84 Å². The average Bonchev–Trinajstić information content (AvgIpc) is 2.31. The van der Waals surface area contributed by atoms with Crippen molar-refractivity contribution in [2.75, 3.05) is 23.4 Å². The smallest absolute Gasteiger partial charge is 0.150 e. The minimum Gasteiger partial charge on any atom is -0.385 e. The standard InChI is InChI=1S/C13H20BrNO2S/c1-4-18(16,17)7-5-6-15-12-8-10(2)13(14)11(3)9-12/h8-9,15H,4-7H2,1-3H3. The first-order valence-electron chi connectivity index (χ1n) is 6.07. The van der Waals surface area contributed by atoms with Crippen molar-refractivity contribution in [3.05, 3.63) is 27.7 Å². The summed E-state index contributed by atoms with van der Waals surface area (Å²) in [5.41, 5.74) is 3.40. The number of rotatable bonds is 6. The van der Waals surface area contributed by atoms with Crippen LogP contribution in [-0.4, -0.2) is 26.5 Å². The molecular formula is C13H20BrNO2S. The fourth-order valence-corrected chi connectivity index (χ4v) is 2.82. The van der Waals surface area contributed by atoms with Crippen molar-refractivity contribution in [1.29, 1.82) is 0 Å². The van der Waals surface area contributed by atoms with Crippen molar-refractivity contribution < 1.29 is 8.42 Å². The summed E-state index contributed by atoms with van der Waals surface area (Å²) >= 11 is 3.52. The Kier molecular flexibility index (Phi) is 5.66. The third kappa shape index (κ3) is 4.61. The van der Waals surface area contributed by atoms with Gasteiger partial charge in [-0.1, -0.05) is 22.9 Å². The summed E-state index contributed by atoms with van der Waals surface area (Å²) in [5.74, 6) is 0.481. The van der Waals surface area contributed by atoms with Gasteiger partial charge < -0.3 is 5.32 Å². The molecule has 0 unspecified atom stereocenters. The number of benzene rings is 1. The molecule has 0 saturated carbocycles. The summed E-state index contributed by atoms with van der Waals surface area (Å²) in [4.78, 5) is 0. The normalized spacial score (nSPS) is 11.6. The van der Waals surface area contributed by atoms with Crippen LogP contribution in [0.3, 0.4) is 0 Å². The number of aryl methyl sites for hydroxylation is 2. The number of hydrogen-bond acceptors (Lipinski definition) is 3. The highest BCUT2D eigenvalue weighted by molar-refractivity contribution is 9.10. The summed E-state index contributed by atoms with van der Waals surface area (Å²) < 4.78 is 23.8. The molecule has 0 fully saturated rings. The third-order valence-corrected chi connectivity index (χ3v) is 5.88. The van der Waals surface area contributed by atoms with Crippen LogP contribution >= 0.6 is 15.9 Å². The van der Waals surface area contributed by atoms with E-state index >= 15 is 0 Å². The van der Waals surface area contributed by atoms with Gasteiger partial charge in [-0.15, -0.1) is 0 Å². The van der Waals surface area contributed by atoms with E-state index in [4.69, 9.17) is 0 Å². The second kappa shape index (κ2) is 6.57. The van der Waals surface area contributed by atoms with Crippen molar-refractivity contribution in [2.24, 2.45) is 0 Å². The van der Waals surface area contributed by atoms with Crippen molar-refractivity contribution >= 4 is 31.5 Å². The molecule has 1 aromatic carbocycles. The molecule has 0 radical (unpaired) electrons. The number of sulfone groups is 1. The predicted octanol–water partition coefficient (Wildman–Crippen LogP) is 3.30. The van der Waals surface area contributed by atoms with E-state index in [9.17, 15) is 8.42 Å². The Balaban J connectivity index is 2.50.